The Balaban J connectivity index is 4.61. The smallest absolute Gasteiger partial charge is 0.227 e. The van der Waals surface area contributed by atoms with Crippen LogP contribution in [0.5, 0.6) is 0 Å². The Kier molecular flexibility index (Phi) is 6.56. The maximum atomic E-state index is 11.8. The second kappa shape index (κ2) is 6.84. The molecule has 0 N–H and O–H groups in total. The van der Waals surface area contributed by atoms with E-state index in [1.165, 1.54) is 4.31 Å². The van der Waals surface area contributed by atoms with E-state index in [2.05, 4.69) is 0 Å². The number of rotatable bonds is 7. The van der Waals surface area contributed by atoms with Crippen LogP contribution in [0.15, 0.2) is 0 Å². The average molecular weight is 247 g/mol. The van der Waals surface area contributed by atoms with Crippen molar-refractivity contribution in [3.05, 3.63) is 0 Å². The van der Waals surface area contributed by atoms with Crippen LogP contribution in [0.25, 0.3) is 0 Å². The summed E-state index contributed by atoms with van der Waals surface area (Å²) in [6, 6.07) is 1.71. The van der Waals surface area contributed by atoms with Gasteiger partial charge < -0.3 is 4.90 Å². The summed E-state index contributed by atoms with van der Waals surface area (Å²) in [7, 11) is 0.369. The molecule has 0 saturated carbocycles. The second-order valence-electron chi connectivity index (χ2n) is 4.47. The van der Waals surface area contributed by atoms with E-state index >= 15 is 0 Å². The summed E-state index contributed by atoms with van der Waals surface area (Å²) in [5.41, 5.74) is 0. The van der Waals surface area contributed by atoms with Gasteiger partial charge in [-0.05, 0) is 20.0 Å². The molecule has 0 rings (SSSR count). The van der Waals surface area contributed by atoms with Crippen molar-refractivity contribution >= 4 is 10.0 Å². The van der Waals surface area contributed by atoms with Crippen LogP contribution in [0.2, 0.25) is 0 Å². The van der Waals surface area contributed by atoms with Gasteiger partial charge in [-0.1, -0.05) is 13.8 Å². The van der Waals surface area contributed by atoms with Crippen LogP contribution in [0.3, 0.4) is 0 Å². The lowest BCUT2D eigenvalue weighted by Crippen LogP contribution is -2.39. The van der Waals surface area contributed by atoms with Gasteiger partial charge in [0.15, 0.2) is 5.75 Å². The van der Waals surface area contributed by atoms with Crippen molar-refractivity contribution in [3.63, 3.8) is 0 Å². The lowest BCUT2D eigenvalue weighted by Gasteiger charge is -2.24. The molecule has 5 nitrogen and oxygen atoms in total. The van der Waals surface area contributed by atoms with Crippen molar-refractivity contribution < 1.29 is 8.42 Å². The van der Waals surface area contributed by atoms with Gasteiger partial charge in [0.25, 0.3) is 0 Å². The Hall–Kier alpha value is -0.640. The van der Waals surface area contributed by atoms with E-state index in [1.807, 2.05) is 32.8 Å². The van der Waals surface area contributed by atoms with Crippen molar-refractivity contribution in [2.75, 3.05) is 39.5 Å². The largest absolute Gasteiger partial charge is 0.308 e. The third kappa shape index (κ3) is 6.05. The molecule has 16 heavy (non-hydrogen) atoms. The number of nitriles is 1. The zero-order chi connectivity index (χ0) is 12.8. The minimum Gasteiger partial charge on any atom is -0.308 e. The fraction of sp³-hybridized carbons (Fsp3) is 0.900. The molecular weight excluding hydrogens is 226 g/mol. The zero-order valence-corrected chi connectivity index (χ0v) is 11.3. The van der Waals surface area contributed by atoms with E-state index in [-0.39, 0.29) is 5.92 Å². The van der Waals surface area contributed by atoms with Crippen molar-refractivity contribution in [1.82, 2.24) is 9.21 Å². The lowest BCUT2D eigenvalue weighted by atomic mass is 10.2. The van der Waals surface area contributed by atoms with E-state index in [9.17, 15) is 8.42 Å². The lowest BCUT2D eigenvalue weighted by molar-refractivity contribution is 0.313. The summed E-state index contributed by atoms with van der Waals surface area (Å²) >= 11 is 0. The summed E-state index contributed by atoms with van der Waals surface area (Å²) in [4.78, 5) is 1.93. The van der Waals surface area contributed by atoms with Crippen LogP contribution >= 0.6 is 0 Å². The predicted octanol–water partition coefficient (Wildman–Crippen LogP) is 0.359. The SMILES string of the molecule is CC(C)CN(CCN(C)C)S(=O)(=O)CC#N. The molecule has 0 radical (unpaired) electrons. The quantitative estimate of drug-likeness (QED) is 0.651. The van der Waals surface area contributed by atoms with Crippen molar-refractivity contribution in [2.24, 2.45) is 5.92 Å². The van der Waals surface area contributed by atoms with Crippen LogP contribution in [0.4, 0.5) is 0 Å². The van der Waals surface area contributed by atoms with E-state index < -0.39 is 15.8 Å². The Morgan fingerprint density at radius 3 is 2.19 bits per heavy atom. The van der Waals surface area contributed by atoms with Gasteiger partial charge in [-0.25, -0.2) is 8.42 Å². The van der Waals surface area contributed by atoms with Gasteiger partial charge in [-0.15, -0.1) is 0 Å². The van der Waals surface area contributed by atoms with Gasteiger partial charge >= 0.3 is 0 Å². The Labute approximate surface area is 98.7 Å². The average Bonchev–Trinajstić information content (AvgIpc) is 2.11. The first-order chi connectivity index (χ1) is 7.29. The topological polar surface area (TPSA) is 64.4 Å². The van der Waals surface area contributed by atoms with Crippen LogP contribution in [-0.4, -0.2) is 57.1 Å². The second-order valence-corrected chi connectivity index (χ2v) is 6.44. The molecular formula is C10H21N3O2S. The fourth-order valence-electron chi connectivity index (χ4n) is 1.24. The highest BCUT2D eigenvalue weighted by molar-refractivity contribution is 7.89. The minimum absolute atomic E-state index is 0.260. The zero-order valence-electron chi connectivity index (χ0n) is 10.5. The Morgan fingerprint density at radius 2 is 1.81 bits per heavy atom. The summed E-state index contributed by atoms with van der Waals surface area (Å²) < 4.78 is 24.9. The summed E-state index contributed by atoms with van der Waals surface area (Å²) in [5.74, 6) is -0.178. The minimum atomic E-state index is -3.42. The van der Waals surface area contributed by atoms with Crippen LogP contribution < -0.4 is 0 Å². The first kappa shape index (κ1) is 15.4. The monoisotopic (exact) mass is 247 g/mol. The van der Waals surface area contributed by atoms with Crippen LogP contribution in [0, 0.1) is 17.2 Å². The Bertz CT molecular complexity index is 330. The predicted molar refractivity (Wildman–Crippen MR) is 64.4 cm³/mol. The summed E-state index contributed by atoms with van der Waals surface area (Å²) in [5, 5.41) is 8.50. The van der Waals surface area contributed by atoms with Gasteiger partial charge in [0.05, 0.1) is 6.07 Å². The van der Waals surface area contributed by atoms with Gasteiger partial charge in [-0.3, -0.25) is 0 Å². The van der Waals surface area contributed by atoms with Crippen molar-refractivity contribution in [2.45, 2.75) is 13.8 Å². The van der Waals surface area contributed by atoms with E-state index in [0.717, 1.165) is 0 Å². The highest BCUT2D eigenvalue weighted by atomic mass is 32.2. The molecule has 6 heteroatoms. The van der Waals surface area contributed by atoms with E-state index in [0.29, 0.717) is 19.6 Å². The molecule has 0 aliphatic carbocycles. The van der Waals surface area contributed by atoms with E-state index in [1.54, 1.807) is 6.07 Å². The number of likely N-dealkylation sites (N-methyl/N-ethyl adjacent to an activating group) is 1. The summed E-state index contributed by atoms with van der Waals surface area (Å²) in [6.45, 7) is 5.50. The molecule has 94 valence electrons. The molecule has 0 saturated heterocycles. The van der Waals surface area contributed by atoms with Crippen LogP contribution in [-0.2, 0) is 10.0 Å². The first-order valence-electron chi connectivity index (χ1n) is 5.29. The molecule has 0 amide bonds. The first-order valence-corrected chi connectivity index (χ1v) is 6.90. The van der Waals surface area contributed by atoms with Crippen molar-refractivity contribution in [1.29, 1.82) is 5.26 Å². The third-order valence-electron chi connectivity index (χ3n) is 2.01. The molecule has 0 spiro atoms. The molecule has 0 aliphatic rings. The standard InChI is InChI=1S/C10H21N3O2S/c1-10(2)9-13(7-6-12(3)4)16(14,15)8-5-11/h10H,6-9H2,1-4H3. The molecule has 0 heterocycles. The molecule has 0 aliphatic heterocycles. The number of sulfonamides is 1. The molecule has 0 fully saturated rings. The molecule has 0 atom stereocenters. The fourth-order valence-corrected chi connectivity index (χ4v) is 2.47. The molecule has 0 aromatic heterocycles. The van der Waals surface area contributed by atoms with Gasteiger partial charge in [0.1, 0.15) is 0 Å². The third-order valence-corrected chi connectivity index (χ3v) is 3.62. The molecule has 0 unspecified atom stereocenters. The van der Waals surface area contributed by atoms with Gasteiger partial charge in [0.2, 0.25) is 10.0 Å². The number of hydrogen-bond donors (Lipinski definition) is 0. The van der Waals surface area contributed by atoms with Crippen molar-refractivity contribution in [3.8, 4) is 6.07 Å². The molecule has 0 aromatic carbocycles. The summed E-state index contributed by atoms with van der Waals surface area (Å²) in [6.07, 6.45) is 0. The van der Waals surface area contributed by atoms with Crippen LogP contribution in [0.1, 0.15) is 13.8 Å². The normalized spacial score (nSPS) is 12.4. The maximum Gasteiger partial charge on any atom is 0.227 e. The van der Waals surface area contributed by atoms with E-state index in [4.69, 9.17) is 5.26 Å². The number of hydrogen-bond acceptors (Lipinski definition) is 4. The number of nitrogens with zero attached hydrogens (tertiary/aromatic N) is 3. The highest BCUT2D eigenvalue weighted by Gasteiger charge is 2.22. The molecule has 0 bridgehead atoms. The maximum absolute atomic E-state index is 11.8. The molecule has 0 aromatic rings. The van der Waals surface area contributed by atoms with Gasteiger partial charge in [0, 0.05) is 19.6 Å². The van der Waals surface area contributed by atoms with Gasteiger partial charge in [-0.2, -0.15) is 9.57 Å². The Morgan fingerprint density at radius 1 is 1.25 bits per heavy atom. The highest BCUT2D eigenvalue weighted by Crippen LogP contribution is 2.06.